The number of hydrogen-bond acceptors (Lipinski definition) is 2. The molecular weight excluding hydrogens is 160 g/mol. The minimum atomic E-state index is 0.669. The minimum Gasteiger partial charge on any atom is -0.384 e. The van der Waals surface area contributed by atoms with Gasteiger partial charge in [-0.2, -0.15) is 5.26 Å². The maximum absolute atomic E-state index is 8.55. The summed E-state index contributed by atoms with van der Waals surface area (Å²) < 4.78 is 0. The van der Waals surface area contributed by atoms with E-state index in [1.54, 1.807) is 12.1 Å². The number of rotatable bonds is 3. The number of terminal acetylenes is 1. The highest BCUT2D eigenvalue weighted by Crippen LogP contribution is 2.08. The Morgan fingerprint density at radius 3 is 2.54 bits per heavy atom. The van der Waals surface area contributed by atoms with Crippen LogP contribution in [0, 0.1) is 23.7 Å². The lowest BCUT2D eigenvalue weighted by Crippen LogP contribution is -1.99. The predicted octanol–water partition coefficient (Wildman–Crippen LogP) is 1.99. The van der Waals surface area contributed by atoms with Gasteiger partial charge in [-0.3, -0.25) is 0 Å². The number of nitrogens with zero attached hydrogens (tertiary/aromatic N) is 1. The number of benzene rings is 1. The topological polar surface area (TPSA) is 35.8 Å². The van der Waals surface area contributed by atoms with Crippen molar-refractivity contribution in [1.29, 1.82) is 5.26 Å². The molecule has 0 aliphatic carbocycles. The van der Waals surface area contributed by atoms with Crippen molar-refractivity contribution < 1.29 is 0 Å². The molecule has 0 saturated carbocycles. The molecule has 0 bridgehead atoms. The Balaban J connectivity index is 2.52. The van der Waals surface area contributed by atoms with Gasteiger partial charge in [0.1, 0.15) is 0 Å². The van der Waals surface area contributed by atoms with Gasteiger partial charge in [0.15, 0.2) is 0 Å². The third-order valence-corrected chi connectivity index (χ3v) is 1.61. The average Bonchev–Trinajstić information content (AvgIpc) is 2.19. The summed E-state index contributed by atoms with van der Waals surface area (Å²) in [6.07, 6.45) is 5.81. The van der Waals surface area contributed by atoms with E-state index in [0.29, 0.717) is 12.0 Å². The molecule has 1 aromatic carbocycles. The van der Waals surface area contributed by atoms with E-state index in [0.717, 1.165) is 12.2 Å². The highest BCUT2D eigenvalue weighted by molar-refractivity contribution is 5.47. The van der Waals surface area contributed by atoms with E-state index in [1.165, 1.54) is 0 Å². The predicted molar refractivity (Wildman–Crippen MR) is 53.1 cm³/mol. The molecular formula is C11H10N2. The van der Waals surface area contributed by atoms with Crippen LogP contribution in [-0.2, 0) is 0 Å². The summed E-state index contributed by atoms with van der Waals surface area (Å²) in [5.74, 6) is 2.55. The van der Waals surface area contributed by atoms with Crippen LogP contribution in [0.15, 0.2) is 24.3 Å². The quantitative estimate of drug-likeness (QED) is 0.556. The normalized spacial score (nSPS) is 8.46. The monoisotopic (exact) mass is 170 g/mol. The van der Waals surface area contributed by atoms with Crippen molar-refractivity contribution in [3.8, 4) is 18.4 Å². The van der Waals surface area contributed by atoms with Crippen LogP contribution in [0.5, 0.6) is 0 Å². The summed E-state index contributed by atoms with van der Waals surface area (Å²) in [5.41, 5.74) is 1.66. The van der Waals surface area contributed by atoms with Crippen LogP contribution < -0.4 is 5.32 Å². The second-order valence-corrected chi connectivity index (χ2v) is 2.57. The fourth-order valence-corrected chi connectivity index (χ4v) is 0.942. The molecule has 0 amide bonds. The Hall–Kier alpha value is -1.93. The average molecular weight is 170 g/mol. The van der Waals surface area contributed by atoms with Gasteiger partial charge in [0, 0.05) is 18.7 Å². The van der Waals surface area contributed by atoms with Crippen molar-refractivity contribution in [2.24, 2.45) is 0 Å². The summed E-state index contributed by atoms with van der Waals surface area (Å²) in [4.78, 5) is 0. The molecule has 2 nitrogen and oxygen atoms in total. The van der Waals surface area contributed by atoms with Gasteiger partial charge in [0.05, 0.1) is 11.6 Å². The fourth-order valence-electron chi connectivity index (χ4n) is 0.942. The minimum absolute atomic E-state index is 0.669. The maximum atomic E-state index is 8.55. The standard InChI is InChI=1S/C11H10N2/c1-2-3-8-13-11-6-4-10(9-12)5-7-11/h1,4-7,13H,3,8H2. The molecule has 1 aromatic rings. The van der Waals surface area contributed by atoms with Crippen molar-refractivity contribution in [2.45, 2.75) is 6.42 Å². The molecule has 1 rings (SSSR count). The van der Waals surface area contributed by atoms with Gasteiger partial charge in [-0.05, 0) is 24.3 Å². The fraction of sp³-hybridized carbons (Fsp3) is 0.182. The Morgan fingerprint density at radius 2 is 2.00 bits per heavy atom. The lowest BCUT2D eigenvalue weighted by Gasteiger charge is -2.02. The number of anilines is 1. The van der Waals surface area contributed by atoms with Crippen molar-refractivity contribution in [3.63, 3.8) is 0 Å². The van der Waals surface area contributed by atoms with E-state index in [9.17, 15) is 0 Å². The van der Waals surface area contributed by atoms with E-state index < -0.39 is 0 Å². The summed E-state index contributed by atoms with van der Waals surface area (Å²) >= 11 is 0. The molecule has 0 spiro atoms. The molecule has 0 radical (unpaired) electrons. The van der Waals surface area contributed by atoms with E-state index in [1.807, 2.05) is 12.1 Å². The first-order chi connectivity index (χ1) is 6.36. The molecule has 13 heavy (non-hydrogen) atoms. The summed E-state index contributed by atoms with van der Waals surface area (Å²) in [5, 5.41) is 11.7. The van der Waals surface area contributed by atoms with Crippen molar-refractivity contribution >= 4 is 5.69 Å². The van der Waals surface area contributed by atoms with Crippen LogP contribution in [0.1, 0.15) is 12.0 Å². The lowest BCUT2D eigenvalue weighted by molar-refractivity contribution is 1.10. The van der Waals surface area contributed by atoms with Gasteiger partial charge in [-0.25, -0.2) is 0 Å². The van der Waals surface area contributed by atoms with Crippen molar-refractivity contribution in [3.05, 3.63) is 29.8 Å². The zero-order valence-electron chi connectivity index (χ0n) is 7.25. The maximum Gasteiger partial charge on any atom is 0.0991 e. The van der Waals surface area contributed by atoms with E-state index >= 15 is 0 Å². The number of nitrogens with one attached hydrogen (secondary N) is 1. The highest BCUT2D eigenvalue weighted by Gasteiger charge is 1.91. The molecule has 0 fully saturated rings. The molecule has 64 valence electrons. The molecule has 0 saturated heterocycles. The van der Waals surface area contributed by atoms with Gasteiger partial charge in [-0.1, -0.05) is 0 Å². The second-order valence-electron chi connectivity index (χ2n) is 2.57. The largest absolute Gasteiger partial charge is 0.384 e. The number of hydrogen-bond donors (Lipinski definition) is 1. The summed E-state index contributed by atoms with van der Waals surface area (Å²) in [6, 6.07) is 9.35. The first-order valence-corrected chi connectivity index (χ1v) is 4.04. The van der Waals surface area contributed by atoms with Crippen LogP contribution in [0.2, 0.25) is 0 Å². The van der Waals surface area contributed by atoms with E-state index in [-0.39, 0.29) is 0 Å². The highest BCUT2D eigenvalue weighted by atomic mass is 14.9. The van der Waals surface area contributed by atoms with E-state index in [2.05, 4.69) is 17.3 Å². The molecule has 1 N–H and O–H groups in total. The van der Waals surface area contributed by atoms with Gasteiger partial charge in [-0.15, -0.1) is 12.3 Å². The van der Waals surface area contributed by atoms with Crippen LogP contribution >= 0.6 is 0 Å². The first kappa shape index (κ1) is 9.16. The Kier molecular flexibility index (Phi) is 3.42. The molecule has 0 aliphatic rings. The molecule has 0 aliphatic heterocycles. The molecule has 0 unspecified atom stereocenters. The summed E-state index contributed by atoms with van der Waals surface area (Å²) in [7, 11) is 0. The zero-order chi connectivity index (χ0) is 9.52. The van der Waals surface area contributed by atoms with Crippen molar-refractivity contribution in [1.82, 2.24) is 0 Å². The Morgan fingerprint density at radius 1 is 1.31 bits per heavy atom. The third-order valence-electron chi connectivity index (χ3n) is 1.61. The molecule has 0 atom stereocenters. The third kappa shape index (κ3) is 2.89. The zero-order valence-corrected chi connectivity index (χ0v) is 7.25. The smallest absolute Gasteiger partial charge is 0.0991 e. The van der Waals surface area contributed by atoms with Gasteiger partial charge < -0.3 is 5.32 Å². The van der Waals surface area contributed by atoms with Crippen LogP contribution in [0.25, 0.3) is 0 Å². The molecule has 0 heterocycles. The molecule has 0 aromatic heterocycles. The van der Waals surface area contributed by atoms with Gasteiger partial charge in [0.2, 0.25) is 0 Å². The Bertz CT molecular complexity index is 338. The van der Waals surface area contributed by atoms with Gasteiger partial charge in [0.25, 0.3) is 0 Å². The van der Waals surface area contributed by atoms with Crippen LogP contribution in [-0.4, -0.2) is 6.54 Å². The molecule has 2 heteroatoms. The second kappa shape index (κ2) is 4.85. The van der Waals surface area contributed by atoms with Crippen LogP contribution in [0.4, 0.5) is 5.69 Å². The Labute approximate surface area is 78.2 Å². The lowest BCUT2D eigenvalue weighted by atomic mass is 10.2. The SMILES string of the molecule is C#CCCNc1ccc(C#N)cc1. The van der Waals surface area contributed by atoms with Crippen LogP contribution in [0.3, 0.4) is 0 Å². The summed E-state index contributed by atoms with van der Waals surface area (Å²) in [6.45, 7) is 0.766. The number of nitriles is 1. The van der Waals surface area contributed by atoms with Crippen molar-refractivity contribution in [2.75, 3.05) is 11.9 Å². The van der Waals surface area contributed by atoms with E-state index in [4.69, 9.17) is 11.7 Å². The van der Waals surface area contributed by atoms with Gasteiger partial charge >= 0.3 is 0 Å². The first-order valence-electron chi connectivity index (χ1n) is 4.04.